The third-order valence-corrected chi connectivity index (χ3v) is 2.84. The Kier molecular flexibility index (Phi) is 4.67. The van der Waals surface area contributed by atoms with Crippen molar-refractivity contribution in [1.82, 2.24) is 5.32 Å². The van der Waals surface area contributed by atoms with Crippen LogP contribution in [0.15, 0.2) is 30.3 Å². The molecule has 0 aliphatic rings. The normalized spacial score (nSPS) is 11.2. The summed E-state index contributed by atoms with van der Waals surface area (Å²) >= 11 is 0. The molecule has 0 aliphatic carbocycles. The van der Waals surface area contributed by atoms with E-state index in [1.54, 1.807) is 18.2 Å². The van der Waals surface area contributed by atoms with E-state index in [1.807, 2.05) is 32.9 Å². The standard InChI is InChI=1S/C15H18N2O/c1-4-15(2,3)17-14(18)10-9-12-7-5-6-8-13(12)11-16/h5-10H,4H2,1-3H3,(H,17,18)/b10-9+. The quantitative estimate of drug-likeness (QED) is 0.825. The number of hydrogen-bond donors (Lipinski definition) is 1. The number of nitrogens with one attached hydrogen (secondary N) is 1. The summed E-state index contributed by atoms with van der Waals surface area (Å²) in [6.07, 6.45) is 3.99. The predicted octanol–water partition coefficient (Wildman–Crippen LogP) is 2.88. The highest BCUT2D eigenvalue weighted by molar-refractivity contribution is 5.92. The zero-order valence-corrected chi connectivity index (χ0v) is 11.0. The smallest absolute Gasteiger partial charge is 0.244 e. The van der Waals surface area contributed by atoms with Crippen molar-refractivity contribution in [1.29, 1.82) is 5.26 Å². The third kappa shape index (κ3) is 4.06. The second-order valence-corrected chi connectivity index (χ2v) is 4.76. The van der Waals surface area contributed by atoms with Crippen molar-refractivity contribution in [2.75, 3.05) is 0 Å². The lowest BCUT2D eigenvalue weighted by molar-refractivity contribution is -0.117. The largest absolute Gasteiger partial charge is 0.348 e. The van der Waals surface area contributed by atoms with Gasteiger partial charge in [-0.3, -0.25) is 4.79 Å². The molecule has 0 aromatic heterocycles. The Hall–Kier alpha value is -2.08. The molecule has 0 radical (unpaired) electrons. The van der Waals surface area contributed by atoms with Crippen molar-refractivity contribution < 1.29 is 4.79 Å². The molecule has 0 heterocycles. The van der Waals surface area contributed by atoms with E-state index >= 15 is 0 Å². The fraction of sp³-hybridized carbons (Fsp3) is 0.333. The molecule has 0 saturated heterocycles. The molecule has 0 bridgehead atoms. The van der Waals surface area contributed by atoms with Gasteiger partial charge < -0.3 is 5.32 Å². The maximum absolute atomic E-state index is 11.7. The first-order chi connectivity index (χ1) is 8.48. The SMILES string of the molecule is CCC(C)(C)NC(=O)/C=C/c1ccccc1C#N. The Bertz CT molecular complexity index is 495. The molecule has 94 valence electrons. The number of rotatable bonds is 4. The molecule has 1 amide bonds. The van der Waals surface area contributed by atoms with Gasteiger partial charge in [0.1, 0.15) is 0 Å². The highest BCUT2D eigenvalue weighted by Crippen LogP contribution is 2.10. The molecular formula is C15H18N2O. The summed E-state index contributed by atoms with van der Waals surface area (Å²) in [5.41, 5.74) is 1.11. The number of hydrogen-bond acceptors (Lipinski definition) is 2. The summed E-state index contributed by atoms with van der Waals surface area (Å²) in [6, 6.07) is 9.28. The zero-order valence-electron chi connectivity index (χ0n) is 11.0. The van der Waals surface area contributed by atoms with Crippen LogP contribution in [0.1, 0.15) is 38.3 Å². The Morgan fingerprint density at radius 1 is 1.44 bits per heavy atom. The van der Waals surface area contributed by atoms with Gasteiger partial charge in [0.25, 0.3) is 0 Å². The molecule has 0 atom stereocenters. The van der Waals surface area contributed by atoms with Crippen LogP contribution in [0.3, 0.4) is 0 Å². The molecule has 0 saturated carbocycles. The molecule has 1 aromatic carbocycles. The van der Waals surface area contributed by atoms with Gasteiger partial charge in [-0.15, -0.1) is 0 Å². The fourth-order valence-electron chi connectivity index (χ4n) is 1.37. The van der Waals surface area contributed by atoms with E-state index in [0.29, 0.717) is 5.56 Å². The molecule has 3 nitrogen and oxygen atoms in total. The first-order valence-corrected chi connectivity index (χ1v) is 5.98. The van der Waals surface area contributed by atoms with Crippen LogP contribution in [0, 0.1) is 11.3 Å². The van der Waals surface area contributed by atoms with E-state index in [4.69, 9.17) is 5.26 Å². The Morgan fingerprint density at radius 2 is 2.11 bits per heavy atom. The van der Waals surface area contributed by atoms with Crippen LogP contribution >= 0.6 is 0 Å². The predicted molar refractivity (Wildman–Crippen MR) is 72.7 cm³/mol. The lowest BCUT2D eigenvalue weighted by atomic mass is 10.0. The summed E-state index contributed by atoms with van der Waals surface area (Å²) in [5, 5.41) is 11.8. The van der Waals surface area contributed by atoms with Crippen molar-refractivity contribution in [3.05, 3.63) is 41.5 Å². The van der Waals surface area contributed by atoms with Gasteiger partial charge >= 0.3 is 0 Å². The lowest BCUT2D eigenvalue weighted by Crippen LogP contribution is -2.41. The van der Waals surface area contributed by atoms with E-state index in [0.717, 1.165) is 12.0 Å². The monoisotopic (exact) mass is 242 g/mol. The maximum atomic E-state index is 11.7. The van der Waals surface area contributed by atoms with Crippen molar-refractivity contribution in [3.63, 3.8) is 0 Å². The Morgan fingerprint density at radius 3 is 2.72 bits per heavy atom. The van der Waals surface area contributed by atoms with Gasteiger partial charge in [-0.1, -0.05) is 25.1 Å². The number of amides is 1. The molecule has 1 aromatic rings. The Labute approximate surface area is 108 Å². The lowest BCUT2D eigenvalue weighted by Gasteiger charge is -2.23. The Balaban J connectivity index is 2.76. The summed E-state index contributed by atoms with van der Waals surface area (Å²) in [7, 11) is 0. The summed E-state index contributed by atoms with van der Waals surface area (Å²) < 4.78 is 0. The summed E-state index contributed by atoms with van der Waals surface area (Å²) in [6.45, 7) is 5.97. The minimum absolute atomic E-state index is 0.144. The van der Waals surface area contributed by atoms with Gasteiger partial charge in [0.05, 0.1) is 11.6 Å². The van der Waals surface area contributed by atoms with Crippen molar-refractivity contribution in [2.45, 2.75) is 32.7 Å². The highest BCUT2D eigenvalue weighted by Gasteiger charge is 2.15. The molecule has 0 aliphatic heterocycles. The van der Waals surface area contributed by atoms with Crippen molar-refractivity contribution >= 4 is 12.0 Å². The second kappa shape index (κ2) is 6.02. The number of carbonyl (C=O) groups is 1. The van der Waals surface area contributed by atoms with Crippen molar-refractivity contribution in [3.8, 4) is 6.07 Å². The number of nitriles is 1. The molecule has 18 heavy (non-hydrogen) atoms. The molecular weight excluding hydrogens is 224 g/mol. The van der Waals surface area contributed by atoms with Crippen LogP contribution in [0.2, 0.25) is 0 Å². The van der Waals surface area contributed by atoms with E-state index in [-0.39, 0.29) is 11.4 Å². The fourth-order valence-corrected chi connectivity index (χ4v) is 1.37. The van der Waals surface area contributed by atoms with Crippen LogP contribution in [0.4, 0.5) is 0 Å². The molecule has 1 N–H and O–H groups in total. The van der Waals surface area contributed by atoms with Gasteiger partial charge in [0.2, 0.25) is 5.91 Å². The first-order valence-electron chi connectivity index (χ1n) is 5.98. The van der Waals surface area contributed by atoms with Crippen LogP contribution in [0.5, 0.6) is 0 Å². The topological polar surface area (TPSA) is 52.9 Å². The van der Waals surface area contributed by atoms with Gasteiger partial charge in [-0.05, 0) is 38.0 Å². The molecule has 0 fully saturated rings. The highest BCUT2D eigenvalue weighted by atomic mass is 16.1. The molecule has 0 spiro atoms. The van der Waals surface area contributed by atoms with Crippen LogP contribution in [0.25, 0.3) is 6.08 Å². The number of nitrogens with zero attached hydrogens (tertiary/aromatic N) is 1. The van der Waals surface area contributed by atoms with E-state index in [1.165, 1.54) is 6.08 Å². The van der Waals surface area contributed by atoms with E-state index in [2.05, 4.69) is 11.4 Å². The third-order valence-electron chi connectivity index (χ3n) is 2.84. The second-order valence-electron chi connectivity index (χ2n) is 4.76. The van der Waals surface area contributed by atoms with E-state index in [9.17, 15) is 4.79 Å². The van der Waals surface area contributed by atoms with Crippen LogP contribution in [-0.4, -0.2) is 11.4 Å². The van der Waals surface area contributed by atoms with Crippen LogP contribution < -0.4 is 5.32 Å². The average molecular weight is 242 g/mol. The first kappa shape index (κ1) is 14.0. The maximum Gasteiger partial charge on any atom is 0.244 e. The van der Waals surface area contributed by atoms with Gasteiger partial charge in [-0.2, -0.15) is 5.26 Å². The minimum Gasteiger partial charge on any atom is -0.348 e. The minimum atomic E-state index is -0.212. The van der Waals surface area contributed by atoms with Gasteiger partial charge in [0, 0.05) is 11.6 Å². The molecule has 0 unspecified atom stereocenters. The molecule has 3 heteroatoms. The number of carbonyl (C=O) groups excluding carboxylic acids is 1. The zero-order chi connectivity index (χ0) is 13.6. The average Bonchev–Trinajstić information content (AvgIpc) is 2.36. The summed E-state index contributed by atoms with van der Waals surface area (Å²) in [5.74, 6) is -0.144. The summed E-state index contributed by atoms with van der Waals surface area (Å²) in [4.78, 5) is 11.7. The number of benzene rings is 1. The van der Waals surface area contributed by atoms with Crippen molar-refractivity contribution in [2.24, 2.45) is 0 Å². The van der Waals surface area contributed by atoms with Crippen LogP contribution in [-0.2, 0) is 4.79 Å². The molecule has 1 rings (SSSR count). The van der Waals surface area contributed by atoms with Gasteiger partial charge in [-0.25, -0.2) is 0 Å². The van der Waals surface area contributed by atoms with Gasteiger partial charge in [0.15, 0.2) is 0 Å². The van der Waals surface area contributed by atoms with E-state index < -0.39 is 0 Å².